The summed E-state index contributed by atoms with van der Waals surface area (Å²) in [5, 5.41) is 14.1. The standard InChI is InChI=1S/C27H39F2NO5/c1-5-7-21(32)27(29)18(13-20(28)19-12-17(31)9-10-25(19,27)3)16-11-23-26(14-16,22(33)15-30-4)35-24(34-23)8-6-2/h9-10,12,16,18,20-21,23-24,30,32H,5-8,11,13-15H2,1-4H3/t16-,18+,20+,21+,23-,24?,25+,26-,27+/m1/s1. The van der Waals surface area contributed by atoms with Crippen LogP contribution in [0.2, 0.25) is 0 Å². The molecule has 9 atom stereocenters. The molecule has 1 unspecified atom stereocenters. The van der Waals surface area contributed by atoms with Crippen LogP contribution in [-0.2, 0) is 19.1 Å². The van der Waals surface area contributed by atoms with E-state index in [9.17, 15) is 14.7 Å². The molecular weight excluding hydrogens is 456 g/mol. The van der Waals surface area contributed by atoms with E-state index < -0.39 is 53.2 Å². The highest BCUT2D eigenvalue weighted by Crippen LogP contribution is 2.63. The van der Waals surface area contributed by atoms with Gasteiger partial charge < -0.3 is 19.9 Å². The Morgan fingerprint density at radius 3 is 2.71 bits per heavy atom. The molecule has 8 heteroatoms. The second-order valence-corrected chi connectivity index (χ2v) is 10.9. The van der Waals surface area contributed by atoms with Crippen molar-refractivity contribution >= 4 is 11.6 Å². The van der Waals surface area contributed by atoms with E-state index in [-0.39, 0.29) is 42.9 Å². The number of hydrogen-bond donors (Lipinski definition) is 2. The van der Waals surface area contributed by atoms with Crippen LogP contribution in [0, 0.1) is 17.3 Å². The fourth-order valence-corrected chi connectivity index (χ4v) is 7.12. The molecule has 3 aliphatic carbocycles. The Labute approximate surface area is 206 Å². The maximum Gasteiger partial charge on any atom is 0.181 e. The Bertz CT molecular complexity index is 908. The molecule has 0 aromatic carbocycles. The summed E-state index contributed by atoms with van der Waals surface area (Å²) in [6.07, 6.45) is 2.66. The first-order chi connectivity index (χ1) is 16.6. The summed E-state index contributed by atoms with van der Waals surface area (Å²) >= 11 is 0. The van der Waals surface area contributed by atoms with Crippen molar-refractivity contribution < 1.29 is 33.0 Å². The van der Waals surface area contributed by atoms with E-state index in [2.05, 4.69) is 5.32 Å². The van der Waals surface area contributed by atoms with Crippen LogP contribution in [0.3, 0.4) is 0 Å². The number of carbonyl (C=O) groups is 2. The lowest BCUT2D eigenvalue weighted by Crippen LogP contribution is -2.63. The van der Waals surface area contributed by atoms with E-state index in [1.54, 1.807) is 14.0 Å². The van der Waals surface area contributed by atoms with Crippen molar-refractivity contribution in [3.63, 3.8) is 0 Å². The third kappa shape index (κ3) is 4.05. The molecule has 3 fully saturated rings. The monoisotopic (exact) mass is 495 g/mol. The minimum Gasteiger partial charge on any atom is -0.390 e. The Kier molecular flexibility index (Phi) is 7.42. The first-order valence-corrected chi connectivity index (χ1v) is 13.0. The number of aliphatic hydroxyl groups excluding tert-OH is 1. The average molecular weight is 496 g/mol. The third-order valence-electron chi connectivity index (χ3n) is 8.82. The number of fused-ring (bicyclic) bond motifs is 2. The van der Waals surface area contributed by atoms with Gasteiger partial charge in [-0.25, -0.2) is 8.78 Å². The molecule has 2 N–H and O–H groups in total. The zero-order valence-corrected chi connectivity index (χ0v) is 21.2. The number of alkyl halides is 2. The van der Waals surface area contributed by atoms with E-state index in [0.29, 0.717) is 19.3 Å². The number of halogens is 2. The maximum atomic E-state index is 17.5. The number of nitrogens with one attached hydrogen (secondary N) is 1. The quantitative estimate of drug-likeness (QED) is 0.507. The van der Waals surface area contributed by atoms with Gasteiger partial charge in [-0.2, -0.15) is 0 Å². The highest BCUT2D eigenvalue weighted by Gasteiger charge is 2.69. The number of Topliss-reactive ketones (excluding diaryl/α,β-unsaturated/α-hetero) is 1. The normalized spacial score (nSPS) is 43.6. The number of carbonyl (C=O) groups excluding carboxylic acids is 2. The van der Waals surface area contributed by atoms with Crippen molar-refractivity contribution in [1.29, 1.82) is 0 Å². The van der Waals surface area contributed by atoms with Crippen LogP contribution in [0.1, 0.15) is 65.7 Å². The average Bonchev–Trinajstić information content (AvgIpc) is 3.33. The van der Waals surface area contributed by atoms with Gasteiger partial charge in [0.1, 0.15) is 6.17 Å². The summed E-state index contributed by atoms with van der Waals surface area (Å²) in [4.78, 5) is 25.3. The smallest absolute Gasteiger partial charge is 0.181 e. The second-order valence-electron chi connectivity index (χ2n) is 10.9. The van der Waals surface area contributed by atoms with E-state index in [1.807, 2.05) is 13.8 Å². The molecule has 6 nitrogen and oxygen atoms in total. The largest absolute Gasteiger partial charge is 0.390 e. The van der Waals surface area contributed by atoms with Crippen LogP contribution in [0.25, 0.3) is 0 Å². The van der Waals surface area contributed by atoms with Gasteiger partial charge in [0.25, 0.3) is 0 Å². The lowest BCUT2D eigenvalue weighted by molar-refractivity contribution is -0.161. The van der Waals surface area contributed by atoms with E-state index in [4.69, 9.17) is 9.47 Å². The number of hydrogen-bond acceptors (Lipinski definition) is 6. The SMILES string of the molecule is CCCC1O[C@@H]2C[C@@H]([C@@H]3C[C@H](F)C4=CC(=O)C=C[C@]4(C)[C@@]3(F)[C@@H](O)CCC)C[C@]2(C(=O)CNC)O1. The number of ether oxygens (including phenoxy) is 2. The van der Waals surface area contributed by atoms with Crippen molar-refractivity contribution in [2.24, 2.45) is 17.3 Å². The summed E-state index contributed by atoms with van der Waals surface area (Å²) in [6.45, 7) is 5.55. The van der Waals surface area contributed by atoms with Gasteiger partial charge in [-0.15, -0.1) is 0 Å². The van der Waals surface area contributed by atoms with Crippen LogP contribution in [-0.4, -0.2) is 66.2 Å². The Hall–Kier alpha value is -1.48. The molecule has 0 radical (unpaired) electrons. The second kappa shape index (κ2) is 9.77. The van der Waals surface area contributed by atoms with Crippen molar-refractivity contribution in [2.45, 2.75) is 102 Å². The van der Waals surface area contributed by atoms with E-state index in [0.717, 1.165) is 6.42 Å². The zero-order chi connectivity index (χ0) is 25.6. The van der Waals surface area contributed by atoms with Crippen LogP contribution < -0.4 is 5.32 Å². The van der Waals surface area contributed by atoms with Crippen LogP contribution >= 0.6 is 0 Å². The molecule has 1 saturated heterocycles. The van der Waals surface area contributed by atoms with Gasteiger partial charge in [-0.3, -0.25) is 9.59 Å². The highest BCUT2D eigenvalue weighted by molar-refractivity contribution is 6.01. The molecule has 0 bridgehead atoms. The fourth-order valence-electron chi connectivity index (χ4n) is 7.12. The summed E-state index contributed by atoms with van der Waals surface area (Å²) in [5.41, 5.74) is -4.79. The van der Waals surface area contributed by atoms with E-state index >= 15 is 8.78 Å². The minimum absolute atomic E-state index is 0.0913. The van der Waals surface area contributed by atoms with Gasteiger partial charge in [0.2, 0.25) is 0 Å². The first-order valence-electron chi connectivity index (χ1n) is 13.0. The number of rotatable bonds is 9. The van der Waals surface area contributed by atoms with Crippen molar-refractivity contribution in [3.8, 4) is 0 Å². The summed E-state index contributed by atoms with van der Waals surface area (Å²) in [7, 11) is 1.68. The molecule has 4 rings (SSSR count). The van der Waals surface area contributed by atoms with Crippen LogP contribution in [0.15, 0.2) is 23.8 Å². The molecule has 2 saturated carbocycles. The maximum absolute atomic E-state index is 17.5. The molecule has 35 heavy (non-hydrogen) atoms. The lowest BCUT2D eigenvalue weighted by Gasteiger charge is -2.56. The summed E-state index contributed by atoms with van der Waals surface area (Å²) < 4.78 is 45.5. The Balaban J connectivity index is 1.73. The molecule has 4 aliphatic rings. The van der Waals surface area contributed by atoms with Gasteiger partial charge in [0.05, 0.1) is 18.8 Å². The zero-order valence-electron chi connectivity index (χ0n) is 21.2. The van der Waals surface area contributed by atoms with Gasteiger partial charge in [0, 0.05) is 11.3 Å². The predicted octanol–water partition coefficient (Wildman–Crippen LogP) is 3.76. The molecule has 0 amide bonds. The highest BCUT2D eigenvalue weighted by atomic mass is 19.1. The minimum atomic E-state index is -2.21. The number of allylic oxidation sites excluding steroid dienone is 4. The van der Waals surface area contributed by atoms with Gasteiger partial charge in [-0.05, 0) is 69.7 Å². The molecule has 1 aliphatic heterocycles. The number of aliphatic hydroxyl groups is 1. The van der Waals surface area contributed by atoms with Gasteiger partial charge in [-0.1, -0.05) is 32.8 Å². The molecule has 0 spiro atoms. The number of ketones is 2. The molecule has 0 aromatic heterocycles. The third-order valence-corrected chi connectivity index (χ3v) is 8.82. The Morgan fingerprint density at radius 2 is 2.06 bits per heavy atom. The lowest BCUT2D eigenvalue weighted by atomic mass is 9.51. The molecular formula is C27H39F2NO5. The van der Waals surface area contributed by atoms with Crippen molar-refractivity contribution in [2.75, 3.05) is 13.6 Å². The molecule has 0 aromatic rings. The van der Waals surface area contributed by atoms with Crippen LogP contribution in [0.5, 0.6) is 0 Å². The van der Waals surface area contributed by atoms with Gasteiger partial charge >= 0.3 is 0 Å². The topological polar surface area (TPSA) is 84.9 Å². The molecule has 196 valence electrons. The fraction of sp³-hybridized carbons (Fsp3) is 0.778. The van der Waals surface area contributed by atoms with Crippen molar-refractivity contribution in [1.82, 2.24) is 5.32 Å². The number of likely N-dealkylation sites (N-methyl/N-ethyl adjacent to an activating group) is 1. The van der Waals surface area contributed by atoms with E-state index in [1.165, 1.54) is 18.2 Å². The summed E-state index contributed by atoms with van der Waals surface area (Å²) in [6, 6.07) is 0. The predicted molar refractivity (Wildman–Crippen MR) is 127 cm³/mol. The Morgan fingerprint density at radius 1 is 1.31 bits per heavy atom. The van der Waals surface area contributed by atoms with Crippen molar-refractivity contribution in [3.05, 3.63) is 23.8 Å². The van der Waals surface area contributed by atoms with Gasteiger partial charge in [0.15, 0.2) is 29.1 Å². The molecule has 1 heterocycles. The summed E-state index contributed by atoms with van der Waals surface area (Å²) in [5.74, 6) is -1.82. The van der Waals surface area contributed by atoms with Crippen LogP contribution in [0.4, 0.5) is 8.78 Å². The first kappa shape index (κ1) is 26.6.